The van der Waals surface area contributed by atoms with Gasteiger partial charge in [0.05, 0.1) is 5.02 Å². The summed E-state index contributed by atoms with van der Waals surface area (Å²) in [6.45, 7) is 5.20. The smallest absolute Gasteiger partial charge is 0.273 e. The van der Waals surface area contributed by atoms with Gasteiger partial charge in [-0.1, -0.05) is 11.6 Å². The third kappa shape index (κ3) is 2.23. The van der Waals surface area contributed by atoms with Crippen molar-refractivity contribution in [2.45, 2.75) is 13.8 Å². The van der Waals surface area contributed by atoms with Crippen LogP contribution in [0.5, 0.6) is 0 Å². The average Bonchev–Trinajstić information content (AvgIpc) is 2.20. The quantitative estimate of drug-likeness (QED) is 0.770. The summed E-state index contributed by atoms with van der Waals surface area (Å²) in [5.41, 5.74) is 0.331. The third-order valence-corrected chi connectivity index (χ3v) is 2.32. The molecule has 1 rings (SSSR count). The van der Waals surface area contributed by atoms with E-state index < -0.39 is 0 Å². The summed E-state index contributed by atoms with van der Waals surface area (Å²) < 4.78 is 0. The van der Waals surface area contributed by atoms with E-state index in [1.165, 1.54) is 0 Å². The summed E-state index contributed by atoms with van der Waals surface area (Å²) in [4.78, 5) is 17.5. The van der Waals surface area contributed by atoms with Crippen LogP contribution < -0.4 is 0 Å². The van der Waals surface area contributed by atoms with Crippen LogP contribution in [0, 0.1) is 0 Å². The van der Waals surface area contributed by atoms with Crippen molar-refractivity contribution in [3.8, 4) is 0 Å². The number of hydrogen-bond acceptors (Lipinski definition) is 2. The molecule has 0 atom stereocenters. The molecule has 4 heteroatoms. The van der Waals surface area contributed by atoms with Gasteiger partial charge in [-0.15, -0.1) is 0 Å². The largest absolute Gasteiger partial charge is 0.338 e. The van der Waals surface area contributed by atoms with Gasteiger partial charge in [-0.2, -0.15) is 0 Å². The van der Waals surface area contributed by atoms with E-state index in [2.05, 4.69) is 4.98 Å². The Labute approximate surface area is 88.7 Å². The van der Waals surface area contributed by atoms with Crippen molar-refractivity contribution in [3.63, 3.8) is 0 Å². The topological polar surface area (TPSA) is 33.2 Å². The lowest BCUT2D eigenvalue weighted by Gasteiger charge is -2.18. The van der Waals surface area contributed by atoms with Crippen LogP contribution in [0.25, 0.3) is 0 Å². The molecule has 76 valence electrons. The lowest BCUT2D eigenvalue weighted by Crippen LogP contribution is -2.31. The maximum atomic E-state index is 11.8. The van der Waals surface area contributed by atoms with E-state index >= 15 is 0 Å². The minimum absolute atomic E-state index is 0.111. The maximum absolute atomic E-state index is 11.8. The highest BCUT2D eigenvalue weighted by Crippen LogP contribution is 2.14. The Morgan fingerprint density at radius 3 is 2.64 bits per heavy atom. The molecule has 0 spiro atoms. The summed E-state index contributed by atoms with van der Waals surface area (Å²) in [5.74, 6) is -0.111. The van der Waals surface area contributed by atoms with Crippen LogP contribution in [-0.2, 0) is 0 Å². The van der Waals surface area contributed by atoms with Crippen molar-refractivity contribution >= 4 is 17.5 Å². The molecule has 0 aliphatic carbocycles. The molecule has 0 radical (unpaired) electrons. The van der Waals surface area contributed by atoms with E-state index in [1.54, 1.807) is 23.2 Å². The first-order valence-electron chi connectivity index (χ1n) is 4.60. The Kier molecular flexibility index (Phi) is 3.89. The number of carbonyl (C=O) groups is 1. The molecule has 14 heavy (non-hydrogen) atoms. The molecular formula is C10H13ClN2O. The number of hydrogen-bond donors (Lipinski definition) is 0. The molecule has 1 heterocycles. The van der Waals surface area contributed by atoms with Crippen LogP contribution in [0.4, 0.5) is 0 Å². The van der Waals surface area contributed by atoms with Crippen LogP contribution >= 0.6 is 11.6 Å². The van der Waals surface area contributed by atoms with Gasteiger partial charge in [0.2, 0.25) is 0 Å². The Balaban J connectivity index is 2.94. The molecule has 0 aromatic carbocycles. The Hall–Kier alpha value is -1.09. The van der Waals surface area contributed by atoms with E-state index in [9.17, 15) is 4.79 Å². The lowest BCUT2D eigenvalue weighted by atomic mass is 10.3. The van der Waals surface area contributed by atoms with Gasteiger partial charge in [0, 0.05) is 19.3 Å². The van der Waals surface area contributed by atoms with E-state index in [0.29, 0.717) is 23.8 Å². The molecule has 1 aromatic rings. The minimum Gasteiger partial charge on any atom is -0.338 e. The highest BCUT2D eigenvalue weighted by atomic mass is 35.5. The molecule has 0 aliphatic rings. The van der Waals surface area contributed by atoms with Crippen LogP contribution in [-0.4, -0.2) is 28.9 Å². The zero-order valence-electron chi connectivity index (χ0n) is 8.33. The first kappa shape index (κ1) is 11.0. The van der Waals surface area contributed by atoms with Gasteiger partial charge in [-0.3, -0.25) is 4.79 Å². The van der Waals surface area contributed by atoms with Crippen molar-refractivity contribution in [1.29, 1.82) is 0 Å². The van der Waals surface area contributed by atoms with E-state index in [1.807, 2.05) is 13.8 Å². The standard InChI is InChI=1S/C10H13ClN2O/c1-3-13(4-2)10(14)9-8(11)6-5-7-12-9/h5-7H,3-4H2,1-2H3. The van der Waals surface area contributed by atoms with Crippen molar-refractivity contribution in [2.75, 3.05) is 13.1 Å². The van der Waals surface area contributed by atoms with Crippen LogP contribution in [0.2, 0.25) is 5.02 Å². The van der Waals surface area contributed by atoms with Crippen molar-refractivity contribution < 1.29 is 4.79 Å². The van der Waals surface area contributed by atoms with E-state index in [4.69, 9.17) is 11.6 Å². The second-order valence-electron chi connectivity index (χ2n) is 2.81. The first-order valence-corrected chi connectivity index (χ1v) is 4.98. The number of pyridine rings is 1. The molecule has 1 aromatic heterocycles. The molecule has 0 aliphatic heterocycles. The van der Waals surface area contributed by atoms with Crippen LogP contribution in [0.15, 0.2) is 18.3 Å². The normalized spacial score (nSPS) is 9.93. The van der Waals surface area contributed by atoms with E-state index in [-0.39, 0.29) is 5.91 Å². The third-order valence-electron chi connectivity index (χ3n) is 2.01. The van der Waals surface area contributed by atoms with Crippen molar-refractivity contribution in [2.24, 2.45) is 0 Å². The summed E-state index contributed by atoms with van der Waals surface area (Å²) in [5, 5.41) is 0.407. The number of halogens is 1. The fraction of sp³-hybridized carbons (Fsp3) is 0.400. The Morgan fingerprint density at radius 2 is 2.14 bits per heavy atom. The molecule has 1 amide bonds. The zero-order valence-corrected chi connectivity index (χ0v) is 9.08. The van der Waals surface area contributed by atoms with E-state index in [0.717, 1.165) is 0 Å². The summed E-state index contributed by atoms with van der Waals surface area (Å²) in [6, 6.07) is 3.38. The number of amides is 1. The molecule has 0 saturated carbocycles. The second-order valence-corrected chi connectivity index (χ2v) is 3.22. The highest BCUT2D eigenvalue weighted by Gasteiger charge is 2.16. The second kappa shape index (κ2) is 4.96. The predicted octanol–water partition coefficient (Wildman–Crippen LogP) is 2.22. The average molecular weight is 213 g/mol. The number of nitrogens with zero attached hydrogens (tertiary/aromatic N) is 2. The maximum Gasteiger partial charge on any atom is 0.273 e. The fourth-order valence-electron chi connectivity index (χ4n) is 1.20. The highest BCUT2D eigenvalue weighted by molar-refractivity contribution is 6.33. The summed E-state index contributed by atoms with van der Waals surface area (Å²) >= 11 is 5.87. The minimum atomic E-state index is -0.111. The van der Waals surface area contributed by atoms with Gasteiger partial charge in [0.15, 0.2) is 0 Å². The van der Waals surface area contributed by atoms with Gasteiger partial charge in [0.25, 0.3) is 5.91 Å². The molecular weight excluding hydrogens is 200 g/mol. The summed E-state index contributed by atoms with van der Waals surface area (Å²) in [6.07, 6.45) is 1.57. The van der Waals surface area contributed by atoms with Gasteiger partial charge in [-0.25, -0.2) is 4.98 Å². The number of carbonyl (C=O) groups excluding carboxylic acids is 1. The molecule has 3 nitrogen and oxygen atoms in total. The van der Waals surface area contributed by atoms with Crippen molar-refractivity contribution in [3.05, 3.63) is 29.0 Å². The fourth-order valence-corrected chi connectivity index (χ4v) is 1.41. The summed E-state index contributed by atoms with van der Waals surface area (Å²) in [7, 11) is 0. The van der Waals surface area contributed by atoms with Gasteiger partial charge in [0.1, 0.15) is 5.69 Å². The van der Waals surface area contributed by atoms with Gasteiger partial charge >= 0.3 is 0 Å². The Morgan fingerprint density at radius 1 is 1.50 bits per heavy atom. The zero-order chi connectivity index (χ0) is 10.6. The van der Waals surface area contributed by atoms with Crippen LogP contribution in [0.3, 0.4) is 0 Å². The predicted molar refractivity (Wildman–Crippen MR) is 56.5 cm³/mol. The molecule has 0 bridgehead atoms. The van der Waals surface area contributed by atoms with Crippen LogP contribution in [0.1, 0.15) is 24.3 Å². The number of aromatic nitrogens is 1. The number of rotatable bonds is 3. The Bertz CT molecular complexity index is 324. The first-order chi connectivity index (χ1) is 6.70. The lowest BCUT2D eigenvalue weighted by molar-refractivity contribution is 0.0767. The van der Waals surface area contributed by atoms with Crippen molar-refractivity contribution in [1.82, 2.24) is 9.88 Å². The molecule has 0 fully saturated rings. The molecule has 0 saturated heterocycles. The molecule has 0 unspecified atom stereocenters. The SMILES string of the molecule is CCN(CC)C(=O)c1ncccc1Cl. The monoisotopic (exact) mass is 212 g/mol. The van der Waals surface area contributed by atoms with Gasteiger partial charge in [-0.05, 0) is 26.0 Å². The molecule has 0 N–H and O–H groups in total. The van der Waals surface area contributed by atoms with Gasteiger partial charge < -0.3 is 4.90 Å².